The molecule has 2 fully saturated rings. The maximum Gasteiger partial charge on any atom is 0.314 e. The van der Waals surface area contributed by atoms with E-state index in [1.165, 1.54) is 31.2 Å². The summed E-state index contributed by atoms with van der Waals surface area (Å²) >= 11 is 0. The van der Waals surface area contributed by atoms with Crippen molar-refractivity contribution in [3.05, 3.63) is 35.4 Å². The number of hydrogen-bond donors (Lipinski definition) is 1. The van der Waals surface area contributed by atoms with Gasteiger partial charge in [0.15, 0.2) is 0 Å². The van der Waals surface area contributed by atoms with Crippen molar-refractivity contribution in [1.82, 2.24) is 0 Å². The number of benzene rings is 1. The molecule has 3 rings (SSSR count). The van der Waals surface area contributed by atoms with Gasteiger partial charge in [0.25, 0.3) is 0 Å². The molecular weight excluding hydrogens is 248 g/mol. The molecule has 1 aromatic carbocycles. The summed E-state index contributed by atoms with van der Waals surface area (Å²) in [7, 11) is 0. The monoisotopic (exact) mass is 272 g/mol. The zero-order chi connectivity index (χ0) is 14.4. The number of carboxylic acid groups (broad SMARTS) is 1. The van der Waals surface area contributed by atoms with Crippen LogP contribution >= 0.6 is 0 Å². The Morgan fingerprint density at radius 2 is 2.00 bits per heavy atom. The van der Waals surface area contributed by atoms with E-state index in [2.05, 4.69) is 32.0 Å². The van der Waals surface area contributed by atoms with E-state index in [1.807, 2.05) is 6.07 Å². The van der Waals surface area contributed by atoms with E-state index in [1.54, 1.807) is 0 Å². The van der Waals surface area contributed by atoms with Gasteiger partial charge in [-0.25, -0.2) is 0 Å². The molecule has 2 aliphatic rings. The second-order valence-corrected chi connectivity index (χ2v) is 7.47. The summed E-state index contributed by atoms with van der Waals surface area (Å²) in [5.74, 6) is -0.0538. The highest BCUT2D eigenvalue weighted by Crippen LogP contribution is 2.50. The van der Waals surface area contributed by atoms with Gasteiger partial charge >= 0.3 is 5.97 Å². The molecule has 2 aliphatic carbocycles. The first-order chi connectivity index (χ1) is 9.43. The number of hydrogen-bond acceptors (Lipinski definition) is 1. The summed E-state index contributed by atoms with van der Waals surface area (Å²) in [6.45, 7) is 4.70. The van der Waals surface area contributed by atoms with Crippen LogP contribution in [0.4, 0.5) is 0 Å². The Hall–Kier alpha value is -1.31. The molecule has 2 saturated carbocycles. The van der Waals surface area contributed by atoms with Gasteiger partial charge in [-0.2, -0.15) is 0 Å². The molecule has 0 bridgehead atoms. The summed E-state index contributed by atoms with van der Waals surface area (Å²) in [5, 5.41) is 9.44. The van der Waals surface area contributed by atoms with E-state index in [0.29, 0.717) is 11.3 Å². The van der Waals surface area contributed by atoms with E-state index >= 15 is 0 Å². The van der Waals surface area contributed by atoms with Crippen LogP contribution in [-0.2, 0) is 10.2 Å². The minimum atomic E-state index is -0.654. The normalized spacial score (nSPS) is 27.0. The molecule has 1 aromatic rings. The standard InChI is InChI=1S/C18H24O2/c1-17(2)8-4-6-14(12-17)13-5-3-7-15(11-13)18(9-10-18)16(19)20/h3,5,7,11,14H,4,6,8-10,12H2,1-2H3,(H,19,20). The van der Waals surface area contributed by atoms with E-state index in [-0.39, 0.29) is 0 Å². The Kier molecular flexibility index (Phi) is 3.15. The van der Waals surface area contributed by atoms with Crippen LogP contribution in [0.25, 0.3) is 0 Å². The van der Waals surface area contributed by atoms with Gasteiger partial charge in [-0.3, -0.25) is 4.79 Å². The summed E-state index contributed by atoms with van der Waals surface area (Å²) < 4.78 is 0. The number of carbonyl (C=O) groups is 1. The Balaban J connectivity index is 1.87. The minimum absolute atomic E-state index is 0.420. The predicted octanol–water partition coefficient (Wildman–Crippen LogP) is 4.49. The lowest BCUT2D eigenvalue weighted by atomic mass is 9.70. The zero-order valence-electron chi connectivity index (χ0n) is 12.5. The second kappa shape index (κ2) is 4.61. The predicted molar refractivity (Wildman–Crippen MR) is 80.0 cm³/mol. The third-order valence-corrected chi connectivity index (χ3v) is 5.28. The molecular formula is C18H24O2. The van der Waals surface area contributed by atoms with Crippen LogP contribution in [0, 0.1) is 5.41 Å². The Labute approximate surface area is 121 Å². The molecule has 108 valence electrons. The number of carboxylic acids is 1. The average Bonchev–Trinajstić information content (AvgIpc) is 3.19. The van der Waals surface area contributed by atoms with Crippen molar-refractivity contribution in [3.8, 4) is 0 Å². The van der Waals surface area contributed by atoms with Crippen LogP contribution in [0.15, 0.2) is 24.3 Å². The maximum absolute atomic E-state index is 11.5. The van der Waals surface area contributed by atoms with Crippen molar-refractivity contribution >= 4 is 5.97 Å². The van der Waals surface area contributed by atoms with Crippen molar-refractivity contribution in [2.24, 2.45) is 5.41 Å². The van der Waals surface area contributed by atoms with Crippen LogP contribution in [-0.4, -0.2) is 11.1 Å². The lowest BCUT2D eigenvalue weighted by Gasteiger charge is -2.35. The highest BCUT2D eigenvalue weighted by atomic mass is 16.4. The lowest BCUT2D eigenvalue weighted by molar-refractivity contribution is -0.140. The maximum atomic E-state index is 11.5. The smallest absolute Gasteiger partial charge is 0.314 e. The van der Waals surface area contributed by atoms with Crippen LogP contribution in [0.5, 0.6) is 0 Å². The quantitative estimate of drug-likeness (QED) is 0.880. The largest absolute Gasteiger partial charge is 0.481 e. The Bertz CT molecular complexity index is 526. The van der Waals surface area contributed by atoms with Crippen LogP contribution in [0.2, 0.25) is 0 Å². The summed E-state index contributed by atoms with van der Waals surface area (Å²) in [5.41, 5.74) is 2.22. The number of aliphatic carboxylic acids is 1. The first-order valence-corrected chi connectivity index (χ1v) is 7.77. The molecule has 0 heterocycles. The lowest BCUT2D eigenvalue weighted by Crippen LogP contribution is -2.22. The molecule has 0 saturated heterocycles. The van der Waals surface area contributed by atoms with Crippen molar-refractivity contribution < 1.29 is 9.90 Å². The molecule has 20 heavy (non-hydrogen) atoms. The van der Waals surface area contributed by atoms with Crippen LogP contribution < -0.4 is 0 Å². The third-order valence-electron chi connectivity index (χ3n) is 5.28. The van der Waals surface area contributed by atoms with Gasteiger partial charge in [0.05, 0.1) is 5.41 Å². The van der Waals surface area contributed by atoms with Gasteiger partial charge < -0.3 is 5.11 Å². The van der Waals surface area contributed by atoms with Crippen molar-refractivity contribution in [2.45, 2.75) is 63.7 Å². The molecule has 1 N–H and O–H groups in total. The molecule has 0 aromatic heterocycles. The molecule has 2 heteroatoms. The van der Waals surface area contributed by atoms with Gasteiger partial charge in [-0.15, -0.1) is 0 Å². The Morgan fingerprint density at radius 3 is 2.60 bits per heavy atom. The molecule has 1 unspecified atom stereocenters. The van der Waals surface area contributed by atoms with Gasteiger partial charge in [0, 0.05) is 0 Å². The van der Waals surface area contributed by atoms with Gasteiger partial charge in [-0.1, -0.05) is 44.5 Å². The molecule has 1 atom stereocenters. The number of rotatable bonds is 3. The van der Waals surface area contributed by atoms with Crippen LogP contribution in [0.1, 0.15) is 69.4 Å². The van der Waals surface area contributed by atoms with Gasteiger partial charge in [0.1, 0.15) is 0 Å². The SMILES string of the molecule is CC1(C)CCCC(c2cccc(C3(C(=O)O)CC3)c2)C1. The first kappa shape index (κ1) is 13.7. The molecule has 2 nitrogen and oxygen atoms in total. The molecule has 0 aliphatic heterocycles. The highest BCUT2D eigenvalue weighted by molar-refractivity contribution is 5.84. The van der Waals surface area contributed by atoms with E-state index in [0.717, 1.165) is 18.4 Å². The van der Waals surface area contributed by atoms with Crippen molar-refractivity contribution in [3.63, 3.8) is 0 Å². The minimum Gasteiger partial charge on any atom is -0.481 e. The second-order valence-electron chi connectivity index (χ2n) is 7.47. The van der Waals surface area contributed by atoms with Crippen LogP contribution in [0.3, 0.4) is 0 Å². The molecule has 0 spiro atoms. The summed E-state index contributed by atoms with van der Waals surface area (Å²) in [6, 6.07) is 8.41. The topological polar surface area (TPSA) is 37.3 Å². The Morgan fingerprint density at radius 1 is 1.25 bits per heavy atom. The van der Waals surface area contributed by atoms with Crippen molar-refractivity contribution in [2.75, 3.05) is 0 Å². The fraction of sp³-hybridized carbons (Fsp3) is 0.611. The fourth-order valence-corrected chi connectivity index (χ4v) is 3.82. The van der Waals surface area contributed by atoms with Gasteiger partial charge in [0.2, 0.25) is 0 Å². The molecule has 0 amide bonds. The molecule has 0 radical (unpaired) electrons. The van der Waals surface area contributed by atoms with Gasteiger partial charge in [-0.05, 0) is 54.6 Å². The fourth-order valence-electron chi connectivity index (χ4n) is 3.82. The third kappa shape index (κ3) is 2.36. The van der Waals surface area contributed by atoms with E-state index in [4.69, 9.17) is 0 Å². The average molecular weight is 272 g/mol. The van der Waals surface area contributed by atoms with Crippen molar-refractivity contribution in [1.29, 1.82) is 0 Å². The summed E-state index contributed by atoms with van der Waals surface area (Å²) in [6.07, 6.45) is 6.64. The van der Waals surface area contributed by atoms with E-state index in [9.17, 15) is 9.90 Å². The summed E-state index contributed by atoms with van der Waals surface area (Å²) in [4.78, 5) is 11.5. The highest BCUT2D eigenvalue weighted by Gasteiger charge is 2.51. The first-order valence-electron chi connectivity index (χ1n) is 7.77. The zero-order valence-corrected chi connectivity index (χ0v) is 12.5. The van der Waals surface area contributed by atoms with E-state index < -0.39 is 11.4 Å².